The van der Waals surface area contributed by atoms with E-state index in [0.717, 1.165) is 6.07 Å². The lowest BCUT2D eigenvalue weighted by Gasteiger charge is -2.08. The summed E-state index contributed by atoms with van der Waals surface area (Å²) >= 11 is 0. The number of hydrogen-bond donors (Lipinski definition) is 2. The number of carboxylic acid groups (broad SMARTS) is 1. The molecule has 8 nitrogen and oxygen atoms in total. The molecule has 1 aromatic rings. The van der Waals surface area contributed by atoms with E-state index in [4.69, 9.17) is 10.4 Å². The van der Waals surface area contributed by atoms with Gasteiger partial charge in [0.2, 0.25) is 5.82 Å². The molecule has 0 radical (unpaired) electrons. The number of nitrogens with zero attached hydrogens (tertiary/aromatic N) is 3. The topological polar surface area (TPSA) is 129 Å². The second-order valence-corrected chi connectivity index (χ2v) is 3.92. The summed E-state index contributed by atoms with van der Waals surface area (Å²) in [6.07, 6.45) is 1.53. The van der Waals surface area contributed by atoms with Gasteiger partial charge in [0.15, 0.2) is 0 Å². The number of pyridine rings is 1. The highest BCUT2D eigenvalue weighted by atomic mass is 16.6. The van der Waals surface area contributed by atoms with Crippen molar-refractivity contribution in [2.75, 3.05) is 11.9 Å². The Morgan fingerprint density at radius 3 is 2.95 bits per heavy atom. The van der Waals surface area contributed by atoms with Gasteiger partial charge in [0, 0.05) is 18.8 Å². The summed E-state index contributed by atoms with van der Waals surface area (Å²) in [5.41, 5.74) is -0.210. The van der Waals surface area contributed by atoms with Gasteiger partial charge in [0.1, 0.15) is 6.07 Å². The first-order valence-corrected chi connectivity index (χ1v) is 5.47. The van der Waals surface area contributed by atoms with Crippen molar-refractivity contribution in [1.82, 2.24) is 4.98 Å². The third-order valence-corrected chi connectivity index (χ3v) is 2.48. The zero-order valence-corrected chi connectivity index (χ0v) is 10.2. The SMILES string of the molecule is CC(CCNc1ncc(C#N)cc1[N+](=O)[O-])C(=O)O. The Hall–Kier alpha value is -2.69. The minimum atomic E-state index is -0.927. The number of carbonyl (C=O) groups is 1. The van der Waals surface area contributed by atoms with Gasteiger partial charge >= 0.3 is 11.7 Å². The first kappa shape index (κ1) is 14.4. The lowest BCUT2D eigenvalue weighted by molar-refractivity contribution is -0.384. The average molecular weight is 264 g/mol. The minimum absolute atomic E-state index is 0.0292. The van der Waals surface area contributed by atoms with Crippen LogP contribution >= 0.6 is 0 Å². The zero-order chi connectivity index (χ0) is 14.4. The third kappa shape index (κ3) is 3.92. The van der Waals surface area contributed by atoms with E-state index < -0.39 is 16.8 Å². The van der Waals surface area contributed by atoms with Gasteiger partial charge in [-0.05, 0) is 6.42 Å². The van der Waals surface area contributed by atoms with Crippen molar-refractivity contribution in [1.29, 1.82) is 5.26 Å². The second kappa shape index (κ2) is 6.30. The molecule has 2 N–H and O–H groups in total. The highest BCUT2D eigenvalue weighted by molar-refractivity contribution is 5.69. The lowest BCUT2D eigenvalue weighted by atomic mass is 10.1. The maximum atomic E-state index is 10.8. The molecule has 1 aromatic heterocycles. The minimum Gasteiger partial charge on any atom is -0.481 e. The molecule has 1 heterocycles. The van der Waals surface area contributed by atoms with Crippen LogP contribution in [0.5, 0.6) is 0 Å². The first-order valence-electron chi connectivity index (χ1n) is 5.47. The molecule has 0 aliphatic carbocycles. The molecule has 1 unspecified atom stereocenters. The molecule has 19 heavy (non-hydrogen) atoms. The average Bonchev–Trinajstić information content (AvgIpc) is 2.38. The maximum Gasteiger partial charge on any atom is 0.312 e. The van der Waals surface area contributed by atoms with Gasteiger partial charge in [0.25, 0.3) is 0 Å². The molecular formula is C11H12N4O4. The molecule has 0 aliphatic heterocycles. The smallest absolute Gasteiger partial charge is 0.312 e. The summed E-state index contributed by atoms with van der Waals surface area (Å²) in [6, 6.07) is 2.89. The summed E-state index contributed by atoms with van der Waals surface area (Å²) in [4.78, 5) is 24.6. The van der Waals surface area contributed by atoms with Crippen LogP contribution in [-0.4, -0.2) is 27.5 Å². The fourth-order valence-corrected chi connectivity index (χ4v) is 1.32. The summed E-state index contributed by atoms with van der Waals surface area (Å²) < 4.78 is 0. The molecule has 0 saturated carbocycles. The van der Waals surface area contributed by atoms with Crippen molar-refractivity contribution in [2.24, 2.45) is 5.92 Å². The number of nitro groups is 1. The van der Waals surface area contributed by atoms with Crippen LogP contribution in [0.1, 0.15) is 18.9 Å². The van der Waals surface area contributed by atoms with Crippen LogP contribution in [0.3, 0.4) is 0 Å². The highest BCUT2D eigenvalue weighted by Gasteiger charge is 2.17. The number of aromatic nitrogens is 1. The van der Waals surface area contributed by atoms with Crippen LogP contribution in [0.15, 0.2) is 12.3 Å². The van der Waals surface area contributed by atoms with Gasteiger partial charge in [-0.15, -0.1) is 0 Å². The Morgan fingerprint density at radius 1 is 1.74 bits per heavy atom. The van der Waals surface area contributed by atoms with E-state index in [0.29, 0.717) is 6.42 Å². The fraction of sp³-hybridized carbons (Fsp3) is 0.364. The molecule has 0 aromatic carbocycles. The molecular weight excluding hydrogens is 252 g/mol. The fourth-order valence-electron chi connectivity index (χ4n) is 1.32. The van der Waals surface area contributed by atoms with Gasteiger partial charge in [-0.2, -0.15) is 5.26 Å². The van der Waals surface area contributed by atoms with Crippen LogP contribution in [0, 0.1) is 27.4 Å². The largest absolute Gasteiger partial charge is 0.481 e. The molecule has 0 bridgehead atoms. The van der Waals surface area contributed by atoms with Crippen molar-refractivity contribution < 1.29 is 14.8 Å². The monoisotopic (exact) mass is 264 g/mol. The van der Waals surface area contributed by atoms with Crippen molar-refractivity contribution in [3.05, 3.63) is 27.9 Å². The summed E-state index contributed by atoms with van der Waals surface area (Å²) in [5, 5.41) is 30.9. The van der Waals surface area contributed by atoms with Gasteiger partial charge in [-0.1, -0.05) is 6.92 Å². The number of anilines is 1. The third-order valence-electron chi connectivity index (χ3n) is 2.48. The van der Waals surface area contributed by atoms with Gasteiger partial charge < -0.3 is 10.4 Å². The zero-order valence-electron chi connectivity index (χ0n) is 10.2. The Bertz CT molecular complexity index is 538. The first-order chi connectivity index (χ1) is 8.95. The van der Waals surface area contributed by atoms with E-state index in [1.807, 2.05) is 0 Å². The standard InChI is InChI=1S/C11H12N4O4/c1-7(11(16)17)2-3-13-10-9(15(18)19)4-8(5-12)6-14-10/h4,6-7H,2-3H2,1H3,(H,13,14)(H,16,17). The Balaban J connectivity index is 2.76. The van der Waals surface area contributed by atoms with Crippen LogP contribution in [0.4, 0.5) is 11.5 Å². The normalized spacial score (nSPS) is 11.4. The maximum absolute atomic E-state index is 10.8. The second-order valence-electron chi connectivity index (χ2n) is 3.92. The van der Waals surface area contributed by atoms with E-state index in [2.05, 4.69) is 10.3 Å². The molecule has 0 fully saturated rings. The summed E-state index contributed by atoms with van der Waals surface area (Å²) in [6.45, 7) is 1.79. The van der Waals surface area contributed by atoms with Crippen LogP contribution in [-0.2, 0) is 4.79 Å². The van der Waals surface area contributed by atoms with Crippen LogP contribution in [0.2, 0.25) is 0 Å². The van der Waals surface area contributed by atoms with E-state index in [1.165, 1.54) is 6.20 Å². The van der Waals surface area contributed by atoms with E-state index in [9.17, 15) is 14.9 Å². The number of nitrogens with one attached hydrogen (secondary N) is 1. The molecule has 100 valence electrons. The molecule has 0 saturated heterocycles. The Morgan fingerprint density at radius 2 is 2.42 bits per heavy atom. The van der Waals surface area contributed by atoms with Crippen LogP contribution < -0.4 is 5.32 Å². The number of hydrogen-bond acceptors (Lipinski definition) is 6. The molecule has 8 heteroatoms. The predicted molar refractivity (Wildman–Crippen MR) is 65.5 cm³/mol. The van der Waals surface area contributed by atoms with Crippen LogP contribution in [0.25, 0.3) is 0 Å². The van der Waals surface area contributed by atoms with E-state index in [-0.39, 0.29) is 23.6 Å². The van der Waals surface area contributed by atoms with Crippen molar-refractivity contribution >= 4 is 17.5 Å². The van der Waals surface area contributed by atoms with Crippen molar-refractivity contribution in [2.45, 2.75) is 13.3 Å². The number of carboxylic acids is 1. The van der Waals surface area contributed by atoms with Gasteiger partial charge in [-0.25, -0.2) is 4.98 Å². The van der Waals surface area contributed by atoms with Gasteiger partial charge in [-0.3, -0.25) is 14.9 Å². The molecule has 0 spiro atoms. The lowest BCUT2D eigenvalue weighted by Crippen LogP contribution is -2.15. The van der Waals surface area contributed by atoms with Crippen molar-refractivity contribution in [3.8, 4) is 6.07 Å². The number of nitriles is 1. The summed E-state index contributed by atoms with van der Waals surface area (Å²) in [5.74, 6) is -1.45. The highest BCUT2D eigenvalue weighted by Crippen LogP contribution is 2.22. The Labute approximate surface area is 108 Å². The molecule has 1 atom stereocenters. The van der Waals surface area contributed by atoms with E-state index >= 15 is 0 Å². The molecule has 0 aliphatic rings. The predicted octanol–water partition coefficient (Wildman–Crippen LogP) is 1.38. The van der Waals surface area contributed by atoms with Crippen molar-refractivity contribution in [3.63, 3.8) is 0 Å². The number of aliphatic carboxylic acids is 1. The van der Waals surface area contributed by atoms with E-state index in [1.54, 1.807) is 13.0 Å². The number of rotatable bonds is 6. The quantitative estimate of drug-likeness (QED) is 0.586. The molecule has 0 amide bonds. The van der Waals surface area contributed by atoms with Gasteiger partial charge in [0.05, 0.1) is 16.4 Å². The summed E-state index contributed by atoms with van der Waals surface area (Å²) in [7, 11) is 0. The Kier molecular flexibility index (Phi) is 4.76. The molecule has 1 rings (SSSR count).